The smallest absolute Gasteiger partial charge is 0.321 e. The summed E-state index contributed by atoms with van der Waals surface area (Å²) in [5.41, 5.74) is 0.556. The second-order valence-electron chi connectivity index (χ2n) is 7.94. The Hall–Kier alpha value is -1.87. The molecule has 2 aromatic heterocycles. The zero-order valence-electron chi connectivity index (χ0n) is 15.9. The summed E-state index contributed by atoms with van der Waals surface area (Å²) in [6, 6.07) is -0.537. The number of H-pyrrole nitrogens is 1. The highest BCUT2D eigenvalue weighted by molar-refractivity contribution is 7.99. The fourth-order valence-corrected chi connectivity index (χ4v) is 5.17. The van der Waals surface area contributed by atoms with Crippen molar-refractivity contribution in [3.05, 3.63) is 20.8 Å². The van der Waals surface area contributed by atoms with Gasteiger partial charge in [-0.15, -0.1) is 11.3 Å². The van der Waals surface area contributed by atoms with Gasteiger partial charge in [-0.1, -0.05) is 18.7 Å². The van der Waals surface area contributed by atoms with Crippen LogP contribution in [-0.2, 0) is 17.6 Å². The molecule has 1 aliphatic rings. The molecule has 1 atom stereocenters. The number of nitrogens with one attached hydrogen (secondary N) is 3. The van der Waals surface area contributed by atoms with Gasteiger partial charge in [0.25, 0.3) is 5.56 Å². The summed E-state index contributed by atoms with van der Waals surface area (Å²) in [4.78, 5) is 45.5. The number of rotatable bonds is 3. The van der Waals surface area contributed by atoms with E-state index >= 15 is 0 Å². The van der Waals surface area contributed by atoms with Gasteiger partial charge in [0.05, 0.1) is 11.1 Å². The van der Waals surface area contributed by atoms with Gasteiger partial charge in [-0.3, -0.25) is 14.9 Å². The van der Waals surface area contributed by atoms with Gasteiger partial charge < -0.3 is 10.3 Å². The van der Waals surface area contributed by atoms with Crippen molar-refractivity contribution >= 4 is 45.3 Å². The third kappa shape index (κ3) is 4.90. The number of urea groups is 1. The maximum atomic E-state index is 12.5. The molecule has 146 valence electrons. The number of carbonyl (C=O) groups is 2. The zero-order chi connectivity index (χ0) is 19.8. The van der Waals surface area contributed by atoms with Crippen LogP contribution in [0, 0.1) is 5.92 Å². The molecule has 0 radical (unpaired) electrons. The van der Waals surface area contributed by atoms with Crippen molar-refractivity contribution in [3.63, 3.8) is 0 Å². The van der Waals surface area contributed by atoms with Gasteiger partial charge in [-0.05, 0) is 51.5 Å². The van der Waals surface area contributed by atoms with Gasteiger partial charge >= 0.3 is 6.03 Å². The summed E-state index contributed by atoms with van der Waals surface area (Å²) in [7, 11) is 0. The van der Waals surface area contributed by atoms with E-state index in [4.69, 9.17) is 0 Å². The van der Waals surface area contributed by atoms with Crippen LogP contribution in [0.1, 0.15) is 44.6 Å². The largest absolute Gasteiger partial charge is 0.333 e. The van der Waals surface area contributed by atoms with Gasteiger partial charge in [0, 0.05) is 10.4 Å². The maximum Gasteiger partial charge on any atom is 0.321 e. The van der Waals surface area contributed by atoms with Crippen LogP contribution in [0.15, 0.2) is 9.95 Å². The molecule has 0 fully saturated rings. The summed E-state index contributed by atoms with van der Waals surface area (Å²) >= 11 is 2.69. The quantitative estimate of drug-likeness (QED) is 0.535. The van der Waals surface area contributed by atoms with Crippen LogP contribution in [0.5, 0.6) is 0 Å². The summed E-state index contributed by atoms with van der Waals surface area (Å²) in [5.74, 6) is 0.180. The number of hydrogen-bond donors (Lipinski definition) is 3. The molecule has 1 aliphatic carbocycles. The number of imide groups is 1. The molecule has 0 saturated heterocycles. The van der Waals surface area contributed by atoms with E-state index in [9.17, 15) is 14.4 Å². The molecule has 7 nitrogen and oxygen atoms in total. The molecule has 27 heavy (non-hydrogen) atoms. The number of fused-ring (bicyclic) bond motifs is 3. The minimum absolute atomic E-state index is 0.00582. The van der Waals surface area contributed by atoms with Crippen molar-refractivity contribution in [1.29, 1.82) is 0 Å². The topological polar surface area (TPSA) is 104 Å². The number of thioether (sulfide) groups is 1. The normalized spacial score (nSPS) is 16.8. The fourth-order valence-electron chi connectivity index (χ4n) is 3.07. The van der Waals surface area contributed by atoms with Crippen molar-refractivity contribution in [2.24, 2.45) is 5.92 Å². The Morgan fingerprint density at radius 2 is 2.11 bits per heavy atom. The number of thiophene rings is 1. The van der Waals surface area contributed by atoms with Crippen LogP contribution in [0.2, 0.25) is 0 Å². The fraction of sp³-hybridized carbons (Fsp3) is 0.556. The molecule has 2 aromatic rings. The molecule has 2 heterocycles. The lowest BCUT2D eigenvalue weighted by Gasteiger charge is -2.20. The summed E-state index contributed by atoms with van der Waals surface area (Å²) < 4.78 is 0. The molecule has 3 amide bonds. The van der Waals surface area contributed by atoms with E-state index in [2.05, 4.69) is 27.5 Å². The molecule has 3 rings (SSSR count). The molecule has 0 bridgehead atoms. The first kappa shape index (κ1) is 19.9. The van der Waals surface area contributed by atoms with Crippen molar-refractivity contribution < 1.29 is 9.59 Å². The predicted octanol–water partition coefficient (Wildman–Crippen LogP) is 2.83. The van der Waals surface area contributed by atoms with Gasteiger partial charge in [0.1, 0.15) is 4.83 Å². The Kier molecular flexibility index (Phi) is 5.62. The van der Waals surface area contributed by atoms with E-state index in [0.29, 0.717) is 16.5 Å². The van der Waals surface area contributed by atoms with Gasteiger partial charge in [-0.25, -0.2) is 9.78 Å². The lowest BCUT2D eigenvalue weighted by atomic mass is 9.89. The monoisotopic (exact) mass is 408 g/mol. The predicted molar refractivity (Wildman–Crippen MR) is 109 cm³/mol. The Labute approximate surface area is 165 Å². The molecular formula is C18H24N4O3S2. The van der Waals surface area contributed by atoms with Crippen molar-refractivity contribution in [1.82, 2.24) is 20.6 Å². The third-order valence-corrected chi connectivity index (χ3v) is 6.25. The van der Waals surface area contributed by atoms with E-state index in [1.807, 2.05) is 20.8 Å². The lowest BCUT2D eigenvalue weighted by Crippen LogP contribution is -2.48. The Balaban J connectivity index is 1.68. The molecule has 0 aromatic carbocycles. The summed E-state index contributed by atoms with van der Waals surface area (Å²) in [5, 5.41) is 6.03. The van der Waals surface area contributed by atoms with Crippen molar-refractivity contribution in [2.75, 3.05) is 5.75 Å². The summed E-state index contributed by atoms with van der Waals surface area (Å²) in [6.07, 6.45) is 2.99. The highest BCUT2D eigenvalue weighted by Gasteiger charge is 2.23. The van der Waals surface area contributed by atoms with Gasteiger partial charge in [0.15, 0.2) is 5.16 Å². The molecule has 0 unspecified atom stereocenters. The minimum Gasteiger partial charge on any atom is -0.333 e. The average Bonchev–Trinajstić information content (AvgIpc) is 2.88. The van der Waals surface area contributed by atoms with E-state index in [1.165, 1.54) is 4.88 Å². The van der Waals surface area contributed by atoms with Crippen molar-refractivity contribution in [3.8, 4) is 0 Å². The highest BCUT2D eigenvalue weighted by Crippen LogP contribution is 2.36. The zero-order valence-corrected chi connectivity index (χ0v) is 17.5. The van der Waals surface area contributed by atoms with Crippen molar-refractivity contribution in [2.45, 2.75) is 57.7 Å². The molecule has 0 spiro atoms. The molecular weight excluding hydrogens is 384 g/mol. The first-order chi connectivity index (χ1) is 12.6. The maximum absolute atomic E-state index is 12.5. The van der Waals surface area contributed by atoms with Crippen LogP contribution in [0.25, 0.3) is 10.2 Å². The van der Waals surface area contributed by atoms with Crippen LogP contribution in [0.4, 0.5) is 4.79 Å². The van der Waals surface area contributed by atoms with Gasteiger partial charge in [-0.2, -0.15) is 0 Å². The second-order valence-corrected chi connectivity index (χ2v) is 9.99. The SMILES string of the molecule is C[C@H]1CCc2c(sc3nc(SCC(=O)NC(=O)NC(C)(C)C)[nH]c(=O)c23)C1. The number of hydrogen-bond acceptors (Lipinski definition) is 6. The molecule has 9 heteroatoms. The van der Waals surface area contributed by atoms with E-state index in [-0.39, 0.29) is 11.3 Å². The standard InChI is InChI=1S/C18H24N4O3S2/c1-9-5-6-10-11(7-9)27-15-13(10)14(24)20-17(21-15)26-8-12(23)19-16(25)22-18(2,3)4/h9H,5-8H2,1-4H3,(H,20,21,24)(H2,19,22,23,25)/t9-/m0/s1. The van der Waals surface area contributed by atoms with Crippen LogP contribution in [-0.4, -0.2) is 33.2 Å². The second kappa shape index (κ2) is 7.63. The van der Waals surface area contributed by atoms with E-state index in [0.717, 1.165) is 41.4 Å². The Bertz CT molecular complexity index is 942. The highest BCUT2D eigenvalue weighted by atomic mass is 32.2. The number of aromatic nitrogens is 2. The van der Waals surface area contributed by atoms with Crippen LogP contribution < -0.4 is 16.2 Å². The molecule has 0 aliphatic heterocycles. The number of amides is 3. The van der Waals surface area contributed by atoms with Gasteiger partial charge in [0.2, 0.25) is 5.91 Å². The van der Waals surface area contributed by atoms with Crippen LogP contribution >= 0.6 is 23.1 Å². The first-order valence-corrected chi connectivity index (χ1v) is 10.7. The third-order valence-electron chi connectivity index (χ3n) is 4.23. The number of carbonyl (C=O) groups excluding carboxylic acids is 2. The Morgan fingerprint density at radius 3 is 2.81 bits per heavy atom. The first-order valence-electron chi connectivity index (χ1n) is 8.92. The minimum atomic E-state index is -0.537. The number of aromatic amines is 1. The lowest BCUT2D eigenvalue weighted by molar-refractivity contribution is -0.117. The van der Waals surface area contributed by atoms with Crippen LogP contribution in [0.3, 0.4) is 0 Å². The summed E-state index contributed by atoms with van der Waals surface area (Å²) in [6.45, 7) is 7.71. The number of aryl methyl sites for hydroxylation is 1. The number of nitrogens with zero attached hydrogens (tertiary/aromatic N) is 1. The Morgan fingerprint density at radius 1 is 1.37 bits per heavy atom. The molecule has 3 N–H and O–H groups in total. The molecule has 0 saturated carbocycles. The average molecular weight is 409 g/mol. The van der Waals surface area contributed by atoms with E-state index in [1.54, 1.807) is 11.3 Å². The van der Waals surface area contributed by atoms with E-state index < -0.39 is 17.5 Å².